The van der Waals surface area contributed by atoms with Crippen LogP contribution in [-0.2, 0) is 4.74 Å². The van der Waals surface area contributed by atoms with Gasteiger partial charge in [0, 0.05) is 36.6 Å². The van der Waals surface area contributed by atoms with E-state index in [0.717, 1.165) is 26.1 Å². The maximum Gasteiger partial charge on any atom is 0.0691 e. The maximum absolute atomic E-state index is 6.65. The highest BCUT2D eigenvalue weighted by atomic mass is 16.5. The number of fused-ring (bicyclic) bond motifs is 1. The molecular formula is C14H28N2O. The molecule has 1 saturated heterocycles. The van der Waals surface area contributed by atoms with Crippen LogP contribution >= 0.6 is 0 Å². The summed E-state index contributed by atoms with van der Waals surface area (Å²) in [5.41, 5.74) is 6.97. The molecule has 1 aliphatic carbocycles. The molecule has 1 aliphatic heterocycles. The van der Waals surface area contributed by atoms with Crippen LogP contribution in [0, 0.1) is 16.7 Å². The van der Waals surface area contributed by atoms with Crippen LogP contribution in [0.25, 0.3) is 0 Å². The Labute approximate surface area is 105 Å². The molecule has 0 spiro atoms. The van der Waals surface area contributed by atoms with Crippen LogP contribution < -0.4 is 11.1 Å². The van der Waals surface area contributed by atoms with Crippen LogP contribution in [0.15, 0.2) is 0 Å². The van der Waals surface area contributed by atoms with E-state index in [1.807, 2.05) is 0 Å². The topological polar surface area (TPSA) is 47.3 Å². The largest absolute Gasteiger partial charge is 0.377 e. The van der Waals surface area contributed by atoms with E-state index < -0.39 is 0 Å². The van der Waals surface area contributed by atoms with Gasteiger partial charge < -0.3 is 15.8 Å². The number of hydrogen-bond acceptors (Lipinski definition) is 3. The third-order valence-corrected chi connectivity index (χ3v) is 4.74. The number of hydrogen-bond donors (Lipinski definition) is 2. The molecule has 0 aromatic carbocycles. The van der Waals surface area contributed by atoms with Gasteiger partial charge in [0.2, 0.25) is 0 Å². The average Bonchev–Trinajstić information content (AvgIpc) is 2.62. The normalized spacial score (nSPS) is 39.9. The number of ether oxygens (including phenoxy) is 1. The summed E-state index contributed by atoms with van der Waals surface area (Å²) in [6.07, 6.45) is 1.51. The second kappa shape index (κ2) is 3.94. The van der Waals surface area contributed by atoms with E-state index >= 15 is 0 Å². The van der Waals surface area contributed by atoms with Gasteiger partial charge in [0.1, 0.15) is 0 Å². The van der Waals surface area contributed by atoms with Gasteiger partial charge in [-0.15, -0.1) is 0 Å². The fourth-order valence-electron chi connectivity index (χ4n) is 3.48. The molecule has 2 rings (SSSR count). The summed E-state index contributed by atoms with van der Waals surface area (Å²) >= 11 is 0. The minimum absolute atomic E-state index is 0.0963. The van der Waals surface area contributed by atoms with Crippen molar-refractivity contribution in [3.05, 3.63) is 0 Å². The highest BCUT2D eigenvalue weighted by Gasteiger charge is 2.67. The van der Waals surface area contributed by atoms with Crippen molar-refractivity contribution >= 4 is 0 Å². The summed E-state index contributed by atoms with van der Waals surface area (Å²) in [7, 11) is 0. The highest BCUT2D eigenvalue weighted by molar-refractivity contribution is 5.21. The van der Waals surface area contributed by atoms with Gasteiger partial charge in [-0.2, -0.15) is 0 Å². The minimum Gasteiger partial charge on any atom is -0.377 e. The summed E-state index contributed by atoms with van der Waals surface area (Å²) in [5, 5.41) is 3.56. The Kier molecular flexibility index (Phi) is 3.08. The molecule has 3 N–H and O–H groups in total. The number of rotatable bonds is 3. The van der Waals surface area contributed by atoms with Crippen molar-refractivity contribution < 1.29 is 4.74 Å². The van der Waals surface area contributed by atoms with Gasteiger partial charge in [-0.25, -0.2) is 0 Å². The van der Waals surface area contributed by atoms with Crippen molar-refractivity contribution in [1.82, 2.24) is 5.32 Å². The van der Waals surface area contributed by atoms with Gasteiger partial charge >= 0.3 is 0 Å². The first kappa shape index (κ1) is 13.3. The molecule has 17 heavy (non-hydrogen) atoms. The van der Waals surface area contributed by atoms with Crippen molar-refractivity contribution in [3.8, 4) is 0 Å². The van der Waals surface area contributed by atoms with E-state index in [-0.39, 0.29) is 11.0 Å². The van der Waals surface area contributed by atoms with Crippen molar-refractivity contribution in [1.29, 1.82) is 0 Å². The van der Waals surface area contributed by atoms with Gasteiger partial charge in [0.05, 0.1) is 6.10 Å². The Morgan fingerprint density at radius 2 is 2.00 bits per heavy atom. The van der Waals surface area contributed by atoms with E-state index in [1.165, 1.54) is 0 Å². The molecule has 100 valence electrons. The van der Waals surface area contributed by atoms with Crippen LogP contribution in [-0.4, -0.2) is 31.3 Å². The fourth-order valence-corrected chi connectivity index (χ4v) is 3.48. The first-order valence-corrected chi connectivity index (χ1v) is 6.80. The zero-order chi connectivity index (χ0) is 12.9. The quantitative estimate of drug-likeness (QED) is 0.790. The van der Waals surface area contributed by atoms with E-state index in [9.17, 15) is 0 Å². The highest BCUT2D eigenvalue weighted by Crippen LogP contribution is 2.57. The molecule has 2 aliphatic rings. The first-order valence-electron chi connectivity index (χ1n) is 6.80. The molecule has 0 amide bonds. The van der Waals surface area contributed by atoms with Gasteiger partial charge in [0.25, 0.3) is 0 Å². The molecule has 3 atom stereocenters. The molecule has 0 bridgehead atoms. The Balaban J connectivity index is 1.95. The van der Waals surface area contributed by atoms with Crippen molar-refractivity contribution in [2.24, 2.45) is 22.5 Å². The van der Waals surface area contributed by atoms with E-state index in [0.29, 0.717) is 17.4 Å². The van der Waals surface area contributed by atoms with Crippen LogP contribution in [0.1, 0.15) is 41.0 Å². The zero-order valence-electron chi connectivity index (χ0n) is 12.0. The summed E-state index contributed by atoms with van der Waals surface area (Å²) in [5.74, 6) is 0.546. The lowest BCUT2D eigenvalue weighted by Crippen LogP contribution is -2.78. The first-order chi connectivity index (χ1) is 7.68. The summed E-state index contributed by atoms with van der Waals surface area (Å²) in [6, 6.07) is 0. The van der Waals surface area contributed by atoms with Crippen LogP contribution in [0.4, 0.5) is 0 Å². The zero-order valence-corrected chi connectivity index (χ0v) is 12.0. The van der Waals surface area contributed by atoms with Gasteiger partial charge in [-0.1, -0.05) is 34.6 Å². The molecule has 0 radical (unpaired) electrons. The third kappa shape index (κ3) is 2.02. The van der Waals surface area contributed by atoms with Crippen molar-refractivity contribution in [3.63, 3.8) is 0 Å². The molecule has 3 unspecified atom stereocenters. The molecule has 2 fully saturated rings. The summed E-state index contributed by atoms with van der Waals surface area (Å²) < 4.78 is 5.80. The number of nitrogens with two attached hydrogens (primary N) is 1. The average molecular weight is 240 g/mol. The summed E-state index contributed by atoms with van der Waals surface area (Å²) in [4.78, 5) is 0. The minimum atomic E-state index is -0.0978. The Morgan fingerprint density at radius 1 is 1.35 bits per heavy atom. The Morgan fingerprint density at radius 3 is 2.59 bits per heavy atom. The van der Waals surface area contributed by atoms with E-state index in [4.69, 9.17) is 10.5 Å². The Bertz CT molecular complexity index is 295. The van der Waals surface area contributed by atoms with Crippen LogP contribution in [0.3, 0.4) is 0 Å². The monoisotopic (exact) mass is 240 g/mol. The fraction of sp³-hybridized carbons (Fsp3) is 1.00. The second-order valence-electron chi connectivity index (χ2n) is 7.61. The van der Waals surface area contributed by atoms with Crippen molar-refractivity contribution in [2.75, 3.05) is 19.7 Å². The predicted molar refractivity (Wildman–Crippen MR) is 70.9 cm³/mol. The third-order valence-electron chi connectivity index (χ3n) is 4.74. The van der Waals surface area contributed by atoms with Crippen LogP contribution in [0.2, 0.25) is 0 Å². The van der Waals surface area contributed by atoms with Gasteiger partial charge in [-0.3, -0.25) is 0 Å². The molecule has 1 heterocycles. The molecule has 0 aromatic heterocycles. The molecule has 3 nitrogen and oxygen atoms in total. The standard InChI is InChI=1S/C14H28N2O/c1-12(2,3)8-16-9-14(15)10-6-7-17-11(10)13(14,4)5/h10-11,16H,6-9,15H2,1-5H3. The lowest BCUT2D eigenvalue weighted by molar-refractivity contribution is -0.153. The second-order valence-corrected chi connectivity index (χ2v) is 7.61. The van der Waals surface area contributed by atoms with Gasteiger partial charge in [-0.05, 0) is 11.8 Å². The lowest BCUT2D eigenvalue weighted by Gasteiger charge is -2.62. The van der Waals surface area contributed by atoms with Crippen LogP contribution in [0.5, 0.6) is 0 Å². The Hall–Kier alpha value is -0.120. The number of nitrogens with one attached hydrogen (secondary N) is 1. The lowest BCUT2D eigenvalue weighted by atomic mass is 9.48. The molecule has 3 heteroatoms. The predicted octanol–water partition coefficient (Wildman–Crippen LogP) is 1.76. The van der Waals surface area contributed by atoms with E-state index in [1.54, 1.807) is 0 Å². The van der Waals surface area contributed by atoms with Gasteiger partial charge in [0.15, 0.2) is 0 Å². The molecule has 0 aromatic rings. The van der Waals surface area contributed by atoms with Crippen molar-refractivity contribution in [2.45, 2.75) is 52.7 Å². The smallest absolute Gasteiger partial charge is 0.0691 e. The maximum atomic E-state index is 6.65. The SMILES string of the molecule is CC(C)(C)CNCC1(N)C2CCOC2C1(C)C. The summed E-state index contributed by atoms with van der Waals surface area (Å²) in [6.45, 7) is 14.0. The molecular weight excluding hydrogens is 212 g/mol. The molecule has 1 saturated carbocycles. The van der Waals surface area contributed by atoms with E-state index in [2.05, 4.69) is 39.9 Å².